The minimum Gasteiger partial charge on any atom is -0.484 e. The van der Waals surface area contributed by atoms with Crippen LogP contribution in [0.3, 0.4) is 0 Å². The lowest BCUT2D eigenvalue weighted by molar-refractivity contribution is -0.118. The molecule has 2 aromatic rings. The highest BCUT2D eigenvalue weighted by atomic mass is 16.5. The van der Waals surface area contributed by atoms with E-state index in [9.17, 15) is 9.59 Å². The third-order valence-electron chi connectivity index (χ3n) is 2.78. The minimum absolute atomic E-state index is 0.127. The van der Waals surface area contributed by atoms with E-state index in [0.29, 0.717) is 23.7 Å². The SMILES string of the molecule is CCOC(=O)Nc1cccc(OCC(=O)Nc2ccccc2)c1. The van der Waals surface area contributed by atoms with Crippen molar-refractivity contribution < 1.29 is 19.1 Å². The van der Waals surface area contributed by atoms with Gasteiger partial charge in [0.05, 0.1) is 6.61 Å². The molecule has 120 valence electrons. The molecular weight excluding hydrogens is 296 g/mol. The van der Waals surface area contributed by atoms with Gasteiger partial charge in [-0.1, -0.05) is 24.3 Å². The van der Waals surface area contributed by atoms with Gasteiger partial charge >= 0.3 is 6.09 Å². The Labute approximate surface area is 134 Å². The lowest BCUT2D eigenvalue weighted by atomic mass is 10.3. The van der Waals surface area contributed by atoms with E-state index < -0.39 is 6.09 Å². The molecule has 0 saturated heterocycles. The second kappa shape index (κ2) is 8.43. The Balaban J connectivity index is 1.85. The molecule has 0 unspecified atom stereocenters. The van der Waals surface area contributed by atoms with Gasteiger partial charge in [0.2, 0.25) is 0 Å². The highest BCUT2D eigenvalue weighted by Crippen LogP contribution is 2.17. The molecule has 0 radical (unpaired) electrons. The van der Waals surface area contributed by atoms with Gasteiger partial charge in [-0.2, -0.15) is 0 Å². The Bertz CT molecular complexity index is 659. The first-order valence-corrected chi connectivity index (χ1v) is 7.19. The first-order chi connectivity index (χ1) is 11.2. The van der Waals surface area contributed by atoms with Crippen LogP contribution in [0.15, 0.2) is 54.6 Å². The summed E-state index contributed by atoms with van der Waals surface area (Å²) in [6.07, 6.45) is -0.536. The Hall–Kier alpha value is -3.02. The maximum atomic E-state index is 11.8. The maximum absolute atomic E-state index is 11.8. The van der Waals surface area contributed by atoms with E-state index in [1.165, 1.54) is 0 Å². The largest absolute Gasteiger partial charge is 0.484 e. The number of para-hydroxylation sites is 1. The van der Waals surface area contributed by atoms with E-state index in [-0.39, 0.29) is 12.5 Å². The fourth-order valence-corrected chi connectivity index (χ4v) is 1.82. The smallest absolute Gasteiger partial charge is 0.411 e. The summed E-state index contributed by atoms with van der Waals surface area (Å²) in [5.74, 6) is 0.211. The summed E-state index contributed by atoms with van der Waals surface area (Å²) in [4.78, 5) is 23.2. The Kier molecular flexibility index (Phi) is 5.99. The van der Waals surface area contributed by atoms with E-state index in [0.717, 1.165) is 0 Å². The van der Waals surface area contributed by atoms with Crippen molar-refractivity contribution in [1.29, 1.82) is 0 Å². The second-order valence-electron chi connectivity index (χ2n) is 4.58. The molecule has 0 spiro atoms. The fourth-order valence-electron chi connectivity index (χ4n) is 1.82. The van der Waals surface area contributed by atoms with Crippen molar-refractivity contribution >= 4 is 23.4 Å². The minimum atomic E-state index is -0.536. The van der Waals surface area contributed by atoms with Gasteiger partial charge in [0.15, 0.2) is 6.61 Å². The average Bonchev–Trinajstić information content (AvgIpc) is 2.54. The lowest BCUT2D eigenvalue weighted by Crippen LogP contribution is -2.20. The van der Waals surface area contributed by atoms with E-state index in [1.807, 2.05) is 18.2 Å². The second-order valence-corrected chi connectivity index (χ2v) is 4.58. The van der Waals surface area contributed by atoms with Crippen LogP contribution in [-0.2, 0) is 9.53 Å². The lowest BCUT2D eigenvalue weighted by Gasteiger charge is -2.09. The van der Waals surface area contributed by atoms with Gasteiger partial charge in [0, 0.05) is 17.4 Å². The topological polar surface area (TPSA) is 76.7 Å². The number of benzene rings is 2. The summed E-state index contributed by atoms with van der Waals surface area (Å²) >= 11 is 0. The molecule has 2 aromatic carbocycles. The third-order valence-corrected chi connectivity index (χ3v) is 2.78. The van der Waals surface area contributed by atoms with Gasteiger partial charge in [-0.05, 0) is 31.2 Å². The molecular formula is C17H18N2O4. The quantitative estimate of drug-likeness (QED) is 0.858. The van der Waals surface area contributed by atoms with Crippen molar-refractivity contribution in [1.82, 2.24) is 0 Å². The van der Waals surface area contributed by atoms with Crippen LogP contribution in [0.5, 0.6) is 5.75 Å². The fraction of sp³-hybridized carbons (Fsp3) is 0.176. The number of anilines is 2. The summed E-state index contributed by atoms with van der Waals surface area (Å²) in [5, 5.41) is 5.29. The first-order valence-electron chi connectivity index (χ1n) is 7.19. The zero-order valence-corrected chi connectivity index (χ0v) is 12.7. The van der Waals surface area contributed by atoms with E-state index in [4.69, 9.17) is 9.47 Å². The summed E-state index contributed by atoms with van der Waals surface area (Å²) in [5.41, 5.74) is 1.24. The van der Waals surface area contributed by atoms with Crippen molar-refractivity contribution in [3.05, 3.63) is 54.6 Å². The monoisotopic (exact) mass is 314 g/mol. The van der Waals surface area contributed by atoms with Crippen LogP contribution in [0, 0.1) is 0 Å². The van der Waals surface area contributed by atoms with Crippen LogP contribution >= 0.6 is 0 Å². The van der Waals surface area contributed by atoms with Gasteiger partial charge in [0.1, 0.15) is 5.75 Å². The molecule has 2 amide bonds. The van der Waals surface area contributed by atoms with E-state index in [1.54, 1.807) is 43.3 Å². The average molecular weight is 314 g/mol. The van der Waals surface area contributed by atoms with Gasteiger partial charge < -0.3 is 14.8 Å². The Morgan fingerprint density at radius 3 is 2.43 bits per heavy atom. The number of hydrogen-bond donors (Lipinski definition) is 2. The Morgan fingerprint density at radius 1 is 0.957 bits per heavy atom. The zero-order chi connectivity index (χ0) is 16.5. The predicted molar refractivity (Wildman–Crippen MR) is 87.7 cm³/mol. The molecule has 2 rings (SSSR count). The van der Waals surface area contributed by atoms with Crippen LogP contribution < -0.4 is 15.4 Å². The Morgan fingerprint density at radius 2 is 1.70 bits per heavy atom. The standard InChI is InChI=1S/C17H18N2O4/c1-2-22-17(21)19-14-9-6-10-15(11-14)23-12-16(20)18-13-7-4-3-5-8-13/h3-11H,2,12H2,1H3,(H,18,20)(H,19,21). The molecule has 0 aliphatic heterocycles. The predicted octanol–water partition coefficient (Wildman–Crippen LogP) is 3.27. The number of carbonyl (C=O) groups is 2. The van der Waals surface area contributed by atoms with Gasteiger partial charge in [0.25, 0.3) is 5.91 Å². The molecule has 0 saturated carbocycles. The van der Waals surface area contributed by atoms with Crippen LogP contribution in [0.25, 0.3) is 0 Å². The molecule has 0 atom stereocenters. The van der Waals surface area contributed by atoms with Crippen LogP contribution in [0.1, 0.15) is 6.92 Å². The molecule has 6 heteroatoms. The molecule has 23 heavy (non-hydrogen) atoms. The zero-order valence-electron chi connectivity index (χ0n) is 12.7. The van der Waals surface area contributed by atoms with Crippen LogP contribution in [0.2, 0.25) is 0 Å². The number of nitrogens with one attached hydrogen (secondary N) is 2. The summed E-state index contributed by atoms with van der Waals surface area (Å²) in [6, 6.07) is 15.9. The molecule has 0 aliphatic carbocycles. The number of rotatable bonds is 6. The number of carbonyl (C=O) groups excluding carboxylic acids is 2. The first kappa shape index (κ1) is 16.4. The molecule has 2 N–H and O–H groups in total. The summed E-state index contributed by atoms with van der Waals surface area (Å²) < 4.78 is 10.2. The molecule has 6 nitrogen and oxygen atoms in total. The van der Waals surface area contributed by atoms with Gasteiger partial charge in [-0.25, -0.2) is 4.79 Å². The molecule has 0 bridgehead atoms. The molecule has 0 heterocycles. The van der Waals surface area contributed by atoms with Crippen molar-refractivity contribution in [2.24, 2.45) is 0 Å². The summed E-state index contributed by atoms with van der Waals surface area (Å²) in [6.45, 7) is 1.89. The molecule has 0 aliphatic rings. The number of ether oxygens (including phenoxy) is 2. The van der Waals surface area contributed by atoms with Crippen LogP contribution in [0.4, 0.5) is 16.2 Å². The van der Waals surface area contributed by atoms with E-state index in [2.05, 4.69) is 10.6 Å². The molecule has 0 aromatic heterocycles. The van der Waals surface area contributed by atoms with Crippen LogP contribution in [-0.4, -0.2) is 25.2 Å². The van der Waals surface area contributed by atoms with E-state index >= 15 is 0 Å². The van der Waals surface area contributed by atoms with Gasteiger partial charge in [-0.3, -0.25) is 10.1 Å². The number of amides is 2. The highest BCUT2D eigenvalue weighted by Gasteiger charge is 2.06. The maximum Gasteiger partial charge on any atom is 0.411 e. The van der Waals surface area contributed by atoms with Crippen molar-refractivity contribution in [3.8, 4) is 5.75 Å². The molecule has 0 fully saturated rings. The van der Waals surface area contributed by atoms with Crippen molar-refractivity contribution in [3.63, 3.8) is 0 Å². The van der Waals surface area contributed by atoms with Crippen molar-refractivity contribution in [2.75, 3.05) is 23.8 Å². The highest BCUT2D eigenvalue weighted by molar-refractivity contribution is 5.91. The normalized spacial score (nSPS) is 9.78. The summed E-state index contributed by atoms with van der Waals surface area (Å²) in [7, 11) is 0. The van der Waals surface area contributed by atoms with Crippen molar-refractivity contribution in [2.45, 2.75) is 6.92 Å². The number of hydrogen-bond acceptors (Lipinski definition) is 4. The van der Waals surface area contributed by atoms with Gasteiger partial charge in [-0.15, -0.1) is 0 Å². The third kappa shape index (κ3) is 5.70.